The van der Waals surface area contributed by atoms with Crippen LogP contribution in [-0.2, 0) is 14.8 Å². The van der Waals surface area contributed by atoms with Crippen molar-refractivity contribution in [1.82, 2.24) is 4.72 Å². The highest BCUT2D eigenvalue weighted by atomic mass is 32.2. The first kappa shape index (κ1) is 14.8. The number of hydrogen-bond donors (Lipinski definition) is 2. The van der Waals surface area contributed by atoms with E-state index in [0.717, 1.165) is 0 Å². The first-order chi connectivity index (χ1) is 6.83. The Morgan fingerprint density at radius 3 is 2.47 bits per heavy atom. The third kappa shape index (κ3) is 7.72. The Morgan fingerprint density at radius 2 is 2.00 bits per heavy atom. The predicted molar refractivity (Wildman–Crippen MR) is 59.2 cm³/mol. The van der Waals surface area contributed by atoms with Crippen molar-refractivity contribution in [2.24, 2.45) is 0 Å². The van der Waals surface area contributed by atoms with Crippen LogP contribution in [0.25, 0.3) is 0 Å². The van der Waals surface area contributed by atoms with Crippen LogP contribution < -0.4 is 4.72 Å². The summed E-state index contributed by atoms with van der Waals surface area (Å²) in [7, 11) is -3.29. The van der Waals surface area contributed by atoms with Crippen molar-refractivity contribution in [3.05, 3.63) is 0 Å². The molecule has 0 atom stereocenters. The molecule has 0 aliphatic carbocycles. The lowest BCUT2D eigenvalue weighted by Gasteiger charge is -2.24. The summed E-state index contributed by atoms with van der Waals surface area (Å²) >= 11 is 0. The summed E-state index contributed by atoms with van der Waals surface area (Å²) < 4.78 is 30.5. The van der Waals surface area contributed by atoms with Crippen molar-refractivity contribution >= 4 is 10.0 Å². The van der Waals surface area contributed by atoms with E-state index >= 15 is 0 Å². The summed E-state index contributed by atoms with van der Waals surface area (Å²) in [6, 6.07) is 0. The van der Waals surface area contributed by atoms with Crippen LogP contribution in [0.2, 0.25) is 0 Å². The summed E-state index contributed by atoms with van der Waals surface area (Å²) in [5, 5.41) is 8.52. The molecule has 0 aromatic carbocycles. The number of ether oxygens (including phenoxy) is 1. The minimum atomic E-state index is -3.29. The number of aliphatic hydroxyl groups excluding tert-OH is 1. The van der Waals surface area contributed by atoms with Crippen molar-refractivity contribution in [1.29, 1.82) is 0 Å². The molecular formula is C9H21NO4S. The van der Waals surface area contributed by atoms with E-state index in [-0.39, 0.29) is 25.3 Å². The van der Waals surface area contributed by atoms with Gasteiger partial charge in [0.15, 0.2) is 0 Å². The summed E-state index contributed by atoms with van der Waals surface area (Å²) in [5.41, 5.74) is -0.499. The molecule has 0 unspecified atom stereocenters. The van der Waals surface area contributed by atoms with Gasteiger partial charge in [0.25, 0.3) is 0 Å². The van der Waals surface area contributed by atoms with Gasteiger partial charge in [-0.05, 0) is 27.2 Å². The van der Waals surface area contributed by atoms with E-state index in [4.69, 9.17) is 9.84 Å². The molecule has 0 radical (unpaired) electrons. The van der Waals surface area contributed by atoms with Crippen LogP contribution in [-0.4, -0.2) is 44.6 Å². The molecule has 0 saturated heterocycles. The van der Waals surface area contributed by atoms with Crippen molar-refractivity contribution < 1.29 is 18.3 Å². The van der Waals surface area contributed by atoms with Crippen molar-refractivity contribution in [2.75, 3.05) is 25.5 Å². The second-order valence-corrected chi connectivity index (χ2v) is 5.84. The van der Waals surface area contributed by atoms with Crippen molar-refractivity contribution in [3.63, 3.8) is 0 Å². The second kappa shape index (κ2) is 6.42. The molecule has 0 fully saturated rings. The number of nitrogens with one attached hydrogen (secondary N) is 1. The second-order valence-electron chi connectivity index (χ2n) is 3.91. The van der Waals surface area contributed by atoms with E-state index in [1.165, 1.54) is 0 Å². The Labute approximate surface area is 91.9 Å². The molecule has 0 aromatic heterocycles. The van der Waals surface area contributed by atoms with Gasteiger partial charge >= 0.3 is 0 Å². The molecule has 0 saturated carbocycles. The predicted octanol–water partition coefficient (Wildman–Crippen LogP) is 0.103. The van der Waals surface area contributed by atoms with Gasteiger partial charge in [0.2, 0.25) is 10.0 Å². The Morgan fingerprint density at radius 1 is 1.40 bits per heavy atom. The van der Waals surface area contributed by atoms with Crippen molar-refractivity contribution in [2.45, 2.75) is 32.8 Å². The molecule has 5 nitrogen and oxygen atoms in total. The van der Waals surface area contributed by atoms with Crippen LogP contribution in [0.15, 0.2) is 0 Å². The molecular weight excluding hydrogens is 218 g/mol. The zero-order chi connectivity index (χ0) is 11.9. The SMILES string of the molecule is CCOC(C)(C)CNS(=O)(=O)CCCO. The lowest BCUT2D eigenvalue weighted by molar-refractivity contribution is -0.00515. The average molecular weight is 239 g/mol. The topological polar surface area (TPSA) is 75.6 Å². The maximum Gasteiger partial charge on any atom is 0.211 e. The highest BCUT2D eigenvalue weighted by Gasteiger charge is 2.20. The number of rotatable bonds is 8. The number of sulfonamides is 1. The standard InChI is InChI=1S/C9H21NO4S/c1-4-14-9(2,3)8-10-15(12,13)7-5-6-11/h10-11H,4-8H2,1-3H3. The van der Waals surface area contributed by atoms with Gasteiger partial charge in [-0.15, -0.1) is 0 Å². The number of hydrogen-bond acceptors (Lipinski definition) is 4. The van der Waals surface area contributed by atoms with Gasteiger partial charge in [-0.1, -0.05) is 0 Å². The van der Waals surface area contributed by atoms with Gasteiger partial charge < -0.3 is 9.84 Å². The highest BCUT2D eigenvalue weighted by Crippen LogP contribution is 2.07. The zero-order valence-corrected chi connectivity index (χ0v) is 10.4. The summed E-state index contributed by atoms with van der Waals surface area (Å²) in [4.78, 5) is 0. The van der Waals surface area contributed by atoms with Gasteiger partial charge in [-0.2, -0.15) is 0 Å². The van der Waals surface area contributed by atoms with Gasteiger partial charge in [0, 0.05) is 19.8 Å². The quantitative estimate of drug-likeness (QED) is 0.630. The van der Waals surface area contributed by atoms with Crippen LogP contribution in [0.3, 0.4) is 0 Å². The Balaban J connectivity index is 4.02. The first-order valence-corrected chi connectivity index (χ1v) is 6.70. The maximum atomic E-state index is 11.4. The summed E-state index contributed by atoms with van der Waals surface area (Å²) in [6.45, 7) is 6.19. The van der Waals surface area contributed by atoms with Gasteiger partial charge in [0.1, 0.15) is 0 Å². The van der Waals surface area contributed by atoms with Crippen LogP contribution >= 0.6 is 0 Å². The fourth-order valence-electron chi connectivity index (χ4n) is 1.05. The summed E-state index contributed by atoms with van der Waals surface area (Å²) in [6.07, 6.45) is 0.254. The van der Waals surface area contributed by atoms with Gasteiger partial charge in [-0.3, -0.25) is 0 Å². The van der Waals surface area contributed by atoms with E-state index in [9.17, 15) is 8.42 Å². The van der Waals surface area contributed by atoms with Crippen LogP contribution in [0, 0.1) is 0 Å². The molecule has 0 aliphatic rings. The lowest BCUT2D eigenvalue weighted by atomic mass is 10.1. The third-order valence-electron chi connectivity index (χ3n) is 1.82. The van der Waals surface area contributed by atoms with Crippen molar-refractivity contribution in [3.8, 4) is 0 Å². The lowest BCUT2D eigenvalue weighted by Crippen LogP contribution is -2.41. The van der Waals surface area contributed by atoms with Gasteiger partial charge in [0.05, 0.1) is 11.4 Å². The molecule has 0 amide bonds. The highest BCUT2D eigenvalue weighted by molar-refractivity contribution is 7.89. The zero-order valence-electron chi connectivity index (χ0n) is 9.62. The van der Waals surface area contributed by atoms with E-state index < -0.39 is 15.6 Å². The minimum Gasteiger partial charge on any atom is -0.396 e. The normalized spacial score (nSPS) is 13.1. The molecule has 92 valence electrons. The largest absolute Gasteiger partial charge is 0.396 e. The molecule has 0 bridgehead atoms. The minimum absolute atomic E-state index is 0.0499. The van der Waals surface area contributed by atoms with Crippen LogP contribution in [0.4, 0.5) is 0 Å². The molecule has 0 rings (SSSR count). The third-order valence-corrected chi connectivity index (χ3v) is 3.23. The van der Waals surface area contributed by atoms with E-state index in [1.54, 1.807) is 0 Å². The Kier molecular flexibility index (Phi) is 6.35. The monoisotopic (exact) mass is 239 g/mol. The van der Waals surface area contributed by atoms with E-state index in [0.29, 0.717) is 6.61 Å². The number of aliphatic hydroxyl groups is 1. The molecule has 0 heterocycles. The fraction of sp³-hybridized carbons (Fsp3) is 1.00. The summed E-state index contributed by atoms with van der Waals surface area (Å²) in [5.74, 6) is -0.0499. The Hall–Kier alpha value is -0.170. The van der Waals surface area contributed by atoms with Gasteiger partial charge in [-0.25, -0.2) is 13.1 Å². The molecule has 6 heteroatoms. The smallest absolute Gasteiger partial charge is 0.211 e. The molecule has 2 N–H and O–H groups in total. The van der Waals surface area contributed by atoms with Crippen LogP contribution in [0.5, 0.6) is 0 Å². The van der Waals surface area contributed by atoms with E-state index in [2.05, 4.69) is 4.72 Å². The Bertz CT molecular complexity index is 261. The maximum absolute atomic E-state index is 11.4. The molecule has 15 heavy (non-hydrogen) atoms. The molecule has 0 aliphatic heterocycles. The first-order valence-electron chi connectivity index (χ1n) is 5.05. The molecule has 0 spiro atoms. The van der Waals surface area contributed by atoms with Crippen LogP contribution in [0.1, 0.15) is 27.2 Å². The molecule has 0 aromatic rings. The average Bonchev–Trinajstić information content (AvgIpc) is 2.12. The fourth-order valence-corrected chi connectivity index (χ4v) is 2.27. The van der Waals surface area contributed by atoms with E-state index in [1.807, 2.05) is 20.8 Å².